The second kappa shape index (κ2) is 6.70. The Labute approximate surface area is 152 Å². The highest BCUT2D eigenvalue weighted by Gasteiger charge is 2.55. The van der Waals surface area contributed by atoms with Crippen LogP contribution in [-0.2, 0) is 9.53 Å². The van der Waals surface area contributed by atoms with Crippen LogP contribution in [0, 0.1) is 23.2 Å². The first-order valence-corrected chi connectivity index (χ1v) is 10.3. The van der Waals surface area contributed by atoms with Crippen molar-refractivity contribution in [2.24, 2.45) is 23.2 Å². The minimum atomic E-state index is 0.0702. The number of piperazine rings is 1. The molecular weight excluding hydrogens is 312 g/mol. The maximum Gasteiger partial charge on any atom is 0.310 e. The Hall–Kier alpha value is -0.870. The predicted molar refractivity (Wildman–Crippen MR) is 99.2 cm³/mol. The van der Waals surface area contributed by atoms with Gasteiger partial charge in [-0.15, -0.1) is 0 Å². The summed E-state index contributed by atoms with van der Waals surface area (Å²) in [6.07, 6.45) is 6.01. The van der Waals surface area contributed by atoms with E-state index in [1.54, 1.807) is 0 Å². The maximum atomic E-state index is 12.6. The Balaban J connectivity index is 1.44. The Kier molecular flexibility index (Phi) is 4.70. The molecule has 0 spiro atoms. The summed E-state index contributed by atoms with van der Waals surface area (Å²) in [5.41, 5.74) is 1.74. The molecule has 4 fully saturated rings. The van der Waals surface area contributed by atoms with Crippen molar-refractivity contribution in [3.8, 4) is 0 Å². The standard InChI is InChI=1S/C21H34N2O2/c1-4-22-8-10-23(11-9-22)14-17-16-12-18-15(2)6-5-7-21(18,3)13-19(16)25-20(17)24/h16-19H,2,4-14H2,1,3H3/t16-,17+,18-,19+,21+/m1/s1. The van der Waals surface area contributed by atoms with Gasteiger partial charge in [-0.25, -0.2) is 0 Å². The number of hydrogen-bond donors (Lipinski definition) is 0. The molecule has 0 aromatic carbocycles. The number of nitrogens with zero attached hydrogens (tertiary/aromatic N) is 2. The second-order valence-electron chi connectivity index (χ2n) is 9.14. The van der Waals surface area contributed by atoms with Crippen LogP contribution in [-0.4, -0.2) is 61.1 Å². The van der Waals surface area contributed by atoms with E-state index in [1.165, 1.54) is 24.8 Å². The van der Waals surface area contributed by atoms with E-state index in [-0.39, 0.29) is 18.0 Å². The quantitative estimate of drug-likeness (QED) is 0.581. The van der Waals surface area contributed by atoms with Gasteiger partial charge < -0.3 is 9.64 Å². The zero-order chi connectivity index (χ0) is 17.6. The first kappa shape index (κ1) is 17.5. The van der Waals surface area contributed by atoms with Gasteiger partial charge in [0.05, 0.1) is 5.92 Å². The third-order valence-corrected chi connectivity index (χ3v) is 7.69. The highest BCUT2D eigenvalue weighted by atomic mass is 16.6. The topological polar surface area (TPSA) is 32.8 Å². The fourth-order valence-corrected chi connectivity index (χ4v) is 6.03. The van der Waals surface area contributed by atoms with E-state index >= 15 is 0 Å². The molecular formula is C21H34N2O2. The summed E-state index contributed by atoms with van der Waals surface area (Å²) in [7, 11) is 0. The van der Waals surface area contributed by atoms with E-state index in [2.05, 4.69) is 30.2 Å². The molecule has 2 saturated heterocycles. The molecule has 0 aromatic heterocycles. The van der Waals surface area contributed by atoms with Crippen molar-refractivity contribution >= 4 is 5.97 Å². The first-order chi connectivity index (χ1) is 12.0. The van der Waals surface area contributed by atoms with Crippen LogP contribution in [0.15, 0.2) is 12.2 Å². The summed E-state index contributed by atoms with van der Waals surface area (Å²) in [4.78, 5) is 17.6. The van der Waals surface area contributed by atoms with Gasteiger partial charge in [0.1, 0.15) is 6.10 Å². The van der Waals surface area contributed by atoms with Crippen LogP contribution in [0.5, 0.6) is 0 Å². The van der Waals surface area contributed by atoms with Gasteiger partial charge in [-0.2, -0.15) is 0 Å². The molecule has 140 valence electrons. The van der Waals surface area contributed by atoms with Gasteiger partial charge in [0, 0.05) is 38.6 Å². The fourth-order valence-electron chi connectivity index (χ4n) is 6.03. The lowest BCUT2D eigenvalue weighted by molar-refractivity contribution is -0.146. The minimum absolute atomic E-state index is 0.0702. The number of carbonyl (C=O) groups excluding carboxylic acids is 1. The van der Waals surface area contributed by atoms with Crippen molar-refractivity contribution in [1.82, 2.24) is 9.80 Å². The number of ether oxygens (including phenoxy) is 1. The molecule has 2 saturated carbocycles. The Morgan fingerprint density at radius 2 is 1.96 bits per heavy atom. The van der Waals surface area contributed by atoms with Gasteiger partial charge in [0.25, 0.3) is 0 Å². The highest BCUT2D eigenvalue weighted by molar-refractivity contribution is 5.75. The predicted octanol–water partition coefficient (Wildman–Crippen LogP) is 2.94. The van der Waals surface area contributed by atoms with E-state index in [0.717, 1.165) is 52.1 Å². The molecule has 0 N–H and O–H groups in total. The average molecular weight is 347 g/mol. The van der Waals surface area contributed by atoms with Gasteiger partial charge in [-0.3, -0.25) is 9.69 Å². The lowest BCUT2D eigenvalue weighted by Crippen LogP contribution is -2.49. The normalized spacial score (nSPS) is 42.8. The van der Waals surface area contributed by atoms with Crippen LogP contribution in [0.4, 0.5) is 0 Å². The number of hydrogen-bond acceptors (Lipinski definition) is 4. The molecule has 25 heavy (non-hydrogen) atoms. The van der Waals surface area contributed by atoms with E-state index in [9.17, 15) is 4.79 Å². The maximum absolute atomic E-state index is 12.6. The molecule has 2 aliphatic carbocycles. The number of fused-ring (bicyclic) bond motifs is 2. The molecule has 2 aliphatic heterocycles. The minimum Gasteiger partial charge on any atom is -0.462 e. The van der Waals surface area contributed by atoms with Crippen LogP contribution in [0.2, 0.25) is 0 Å². The number of rotatable bonds is 3. The van der Waals surface area contributed by atoms with Crippen molar-refractivity contribution in [3.63, 3.8) is 0 Å². The van der Waals surface area contributed by atoms with Crippen molar-refractivity contribution in [1.29, 1.82) is 0 Å². The lowest BCUT2D eigenvalue weighted by Gasteiger charge is -2.50. The number of likely N-dealkylation sites (N-methyl/N-ethyl adjacent to an activating group) is 1. The molecule has 4 nitrogen and oxygen atoms in total. The Morgan fingerprint density at radius 3 is 2.68 bits per heavy atom. The van der Waals surface area contributed by atoms with Crippen LogP contribution in [0.1, 0.15) is 46.0 Å². The number of esters is 1. The molecule has 0 unspecified atom stereocenters. The van der Waals surface area contributed by atoms with Gasteiger partial charge in [0.2, 0.25) is 0 Å². The first-order valence-electron chi connectivity index (χ1n) is 10.3. The summed E-state index contributed by atoms with van der Waals surface area (Å²) in [6, 6.07) is 0. The summed E-state index contributed by atoms with van der Waals surface area (Å²) >= 11 is 0. The number of carbonyl (C=O) groups is 1. The second-order valence-corrected chi connectivity index (χ2v) is 9.14. The van der Waals surface area contributed by atoms with E-state index < -0.39 is 0 Å². The highest BCUT2D eigenvalue weighted by Crippen LogP contribution is 2.56. The SMILES string of the molecule is C=C1CCC[C@@]2(C)C[C@@H]3OC(=O)[C@@H](CN4CCN(CC)CC4)[C@H]3C[C@H]12. The van der Waals surface area contributed by atoms with Crippen molar-refractivity contribution < 1.29 is 9.53 Å². The molecule has 5 atom stereocenters. The van der Waals surface area contributed by atoms with Crippen molar-refractivity contribution in [3.05, 3.63) is 12.2 Å². The fraction of sp³-hybridized carbons (Fsp3) is 0.857. The molecule has 0 bridgehead atoms. The van der Waals surface area contributed by atoms with Gasteiger partial charge in [-0.05, 0) is 50.0 Å². The molecule has 4 heteroatoms. The molecule has 4 rings (SSSR count). The van der Waals surface area contributed by atoms with E-state index in [1.807, 2.05) is 0 Å². The lowest BCUT2D eigenvalue weighted by atomic mass is 9.55. The Bertz CT molecular complexity index is 540. The monoisotopic (exact) mass is 346 g/mol. The van der Waals surface area contributed by atoms with Crippen LogP contribution < -0.4 is 0 Å². The van der Waals surface area contributed by atoms with Gasteiger partial charge in [0.15, 0.2) is 0 Å². The van der Waals surface area contributed by atoms with Crippen LogP contribution in [0.3, 0.4) is 0 Å². The van der Waals surface area contributed by atoms with Crippen LogP contribution in [0.25, 0.3) is 0 Å². The summed E-state index contributed by atoms with van der Waals surface area (Å²) in [6.45, 7) is 15.5. The average Bonchev–Trinajstić information content (AvgIpc) is 2.88. The molecule has 0 amide bonds. The third-order valence-electron chi connectivity index (χ3n) is 7.69. The summed E-state index contributed by atoms with van der Waals surface area (Å²) < 4.78 is 5.91. The molecule has 0 radical (unpaired) electrons. The zero-order valence-electron chi connectivity index (χ0n) is 16.0. The summed E-state index contributed by atoms with van der Waals surface area (Å²) in [5, 5.41) is 0. The van der Waals surface area contributed by atoms with E-state index in [0.29, 0.717) is 17.3 Å². The van der Waals surface area contributed by atoms with Crippen LogP contribution >= 0.6 is 0 Å². The summed E-state index contributed by atoms with van der Waals surface area (Å²) in [5.74, 6) is 1.15. The Morgan fingerprint density at radius 1 is 1.24 bits per heavy atom. The number of allylic oxidation sites excluding steroid dienone is 1. The third kappa shape index (κ3) is 3.16. The molecule has 0 aromatic rings. The van der Waals surface area contributed by atoms with E-state index in [4.69, 9.17) is 4.74 Å². The molecule has 4 aliphatic rings. The zero-order valence-corrected chi connectivity index (χ0v) is 16.0. The van der Waals surface area contributed by atoms with Crippen molar-refractivity contribution in [2.75, 3.05) is 39.3 Å². The molecule has 2 heterocycles. The smallest absolute Gasteiger partial charge is 0.310 e. The van der Waals surface area contributed by atoms with Gasteiger partial charge >= 0.3 is 5.97 Å². The largest absolute Gasteiger partial charge is 0.462 e. The van der Waals surface area contributed by atoms with Gasteiger partial charge in [-0.1, -0.05) is 26.0 Å². The van der Waals surface area contributed by atoms with Crippen molar-refractivity contribution in [2.45, 2.75) is 52.1 Å².